The second-order valence-electron chi connectivity index (χ2n) is 2.07. The molecule has 4 heteroatoms. The lowest BCUT2D eigenvalue weighted by atomic mass is 10.4. The summed E-state index contributed by atoms with van der Waals surface area (Å²) < 4.78 is 6.22. The molecule has 0 aliphatic rings. The Balaban J connectivity index is 2.76. The van der Waals surface area contributed by atoms with Crippen LogP contribution in [0.3, 0.4) is 0 Å². The van der Waals surface area contributed by atoms with Crippen molar-refractivity contribution in [2.45, 2.75) is 0 Å². The van der Waals surface area contributed by atoms with E-state index in [0.717, 1.165) is 15.8 Å². The summed E-state index contributed by atoms with van der Waals surface area (Å²) >= 11 is 1.61. The number of rotatable bonds is 1. The Labute approximate surface area is 67.6 Å². The molecule has 0 amide bonds. The molecule has 2 aromatic heterocycles. The molecule has 0 fully saturated rings. The standard InChI is InChI=1S/C7H6N2OS/c1-10-6-4-11-7-3-9-8-2-5(6)7/h2-4H,1H3. The summed E-state index contributed by atoms with van der Waals surface area (Å²) in [5.74, 6) is 0.875. The highest BCUT2D eigenvalue weighted by Crippen LogP contribution is 2.29. The van der Waals surface area contributed by atoms with Crippen molar-refractivity contribution in [1.82, 2.24) is 10.2 Å². The molecule has 0 spiro atoms. The minimum atomic E-state index is 0.875. The molecular formula is C7H6N2OS. The van der Waals surface area contributed by atoms with E-state index in [9.17, 15) is 0 Å². The number of ether oxygens (including phenoxy) is 1. The Morgan fingerprint density at radius 2 is 2.18 bits per heavy atom. The van der Waals surface area contributed by atoms with Gasteiger partial charge in [0.05, 0.1) is 29.6 Å². The van der Waals surface area contributed by atoms with Gasteiger partial charge in [0.25, 0.3) is 0 Å². The van der Waals surface area contributed by atoms with Crippen LogP contribution in [0.15, 0.2) is 17.8 Å². The van der Waals surface area contributed by atoms with Crippen LogP contribution in [0.1, 0.15) is 0 Å². The lowest BCUT2D eigenvalue weighted by molar-refractivity contribution is 0.421. The Hall–Kier alpha value is -1.16. The maximum Gasteiger partial charge on any atom is 0.139 e. The Morgan fingerprint density at radius 1 is 1.36 bits per heavy atom. The maximum atomic E-state index is 5.11. The normalized spacial score (nSPS) is 10.3. The molecule has 0 atom stereocenters. The predicted molar refractivity (Wildman–Crippen MR) is 44.0 cm³/mol. The first kappa shape index (κ1) is 6.54. The number of nitrogens with zero attached hydrogens (tertiary/aromatic N) is 2. The lowest BCUT2D eigenvalue weighted by Crippen LogP contribution is -1.81. The molecule has 56 valence electrons. The van der Waals surface area contributed by atoms with E-state index in [1.54, 1.807) is 30.8 Å². The molecule has 2 rings (SSSR count). The number of methoxy groups -OCH3 is 1. The highest BCUT2D eigenvalue weighted by molar-refractivity contribution is 7.17. The van der Waals surface area contributed by atoms with Crippen molar-refractivity contribution in [1.29, 1.82) is 0 Å². The van der Waals surface area contributed by atoms with E-state index in [2.05, 4.69) is 10.2 Å². The third-order valence-corrected chi connectivity index (χ3v) is 2.38. The van der Waals surface area contributed by atoms with Gasteiger partial charge in [0, 0.05) is 5.38 Å². The van der Waals surface area contributed by atoms with Crippen LogP contribution in [0, 0.1) is 0 Å². The minimum absolute atomic E-state index is 0.875. The smallest absolute Gasteiger partial charge is 0.139 e. The van der Waals surface area contributed by atoms with Gasteiger partial charge in [-0.25, -0.2) is 0 Å². The van der Waals surface area contributed by atoms with Gasteiger partial charge in [-0.1, -0.05) is 0 Å². The van der Waals surface area contributed by atoms with Gasteiger partial charge < -0.3 is 4.74 Å². The van der Waals surface area contributed by atoms with E-state index >= 15 is 0 Å². The van der Waals surface area contributed by atoms with Crippen LogP contribution in [0.2, 0.25) is 0 Å². The fraction of sp³-hybridized carbons (Fsp3) is 0.143. The Kier molecular flexibility index (Phi) is 1.47. The molecule has 0 radical (unpaired) electrons. The zero-order valence-electron chi connectivity index (χ0n) is 5.94. The number of hydrogen-bond acceptors (Lipinski definition) is 4. The van der Waals surface area contributed by atoms with Crippen LogP contribution >= 0.6 is 11.3 Å². The Morgan fingerprint density at radius 3 is 3.00 bits per heavy atom. The molecule has 11 heavy (non-hydrogen) atoms. The molecule has 0 unspecified atom stereocenters. The molecule has 0 aliphatic heterocycles. The van der Waals surface area contributed by atoms with E-state index in [-0.39, 0.29) is 0 Å². The third kappa shape index (κ3) is 0.952. The van der Waals surface area contributed by atoms with E-state index in [1.807, 2.05) is 5.38 Å². The van der Waals surface area contributed by atoms with Crippen LogP contribution in [0.25, 0.3) is 10.1 Å². The second kappa shape index (κ2) is 2.47. The lowest BCUT2D eigenvalue weighted by Gasteiger charge is -1.93. The quantitative estimate of drug-likeness (QED) is 0.646. The average molecular weight is 166 g/mol. The number of hydrogen-bond donors (Lipinski definition) is 0. The van der Waals surface area contributed by atoms with Crippen molar-refractivity contribution < 1.29 is 4.74 Å². The maximum absolute atomic E-state index is 5.11. The number of fused-ring (bicyclic) bond motifs is 1. The zero-order chi connectivity index (χ0) is 7.68. The molecule has 0 aliphatic carbocycles. The highest BCUT2D eigenvalue weighted by Gasteiger charge is 2.02. The summed E-state index contributed by atoms with van der Waals surface area (Å²) in [5, 5.41) is 10.5. The highest BCUT2D eigenvalue weighted by atomic mass is 32.1. The summed E-state index contributed by atoms with van der Waals surface area (Å²) in [7, 11) is 1.65. The zero-order valence-corrected chi connectivity index (χ0v) is 6.76. The van der Waals surface area contributed by atoms with Crippen LogP contribution in [0.5, 0.6) is 5.75 Å². The fourth-order valence-corrected chi connectivity index (χ4v) is 1.77. The monoisotopic (exact) mass is 166 g/mol. The first-order chi connectivity index (χ1) is 5.42. The number of thiophene rings is 1. The van der Waals surface area contributed by atoms with E-state index < -0.39 is 0 Å². The Bertz CT molecular complexity index is 371. The van der Waals surface area contributed by atoms with Crippen molar-refractivity contribution in [3.63, 3.8) is 0 Å². The summed E-state index contributed by atoms with van der Waals surface area (Å²) in [4.78, 5) is 0. The van der Waals surface area contributed by atoms with Gasteiger partial charge in [0.2, 0.25) is 0 Å². The summed E-state index contributed by atoms with van der Waals surface area (Å²) in [6.45, 7) is 0. The van der Waals surface area contributed by atoms with Crippen molar-refractivity contribution >= 4 is 21.4 Å². The van der Waals surface area contributed by atoms with Crippen molar-refractivity contribution in [3.05, 3.63) is 17.8 Å². The predicted octanol–water partition coefficient (Wildman–Crippen LogP) is 1.70. The molecule has 0 bridgehead atoms. The van der Waals surface area contributed by atoms with Crippen LogP contribution < -0.4 is 4.74 Å². The molecule has 2 heterocycles. The molecular weight excluding hydrogens is 160 g/mol. The van der Waals surface area contributed by atoms with E-state index in [4.69, 9.17) is 4.74 Å². The van der Waals surface area contributed by atoms with Gasteiger partial charge >= 0.3 is 0 Å². The molecule has 0 saturated carbocycles. The molecule has 0 saturated heterocycles. The van der Waals surface area contributed by atoms with Gasteiger partial charge in [-0.2, -0.15) is 10.2 Å². The van der Waals surface area contributed by atoms with E-state index in [0.29, 0.717) is 0 Å². The first-order valence-electron chi connectivity index (χ1n) is 3.13. The first-order valence-corrected chi connectivity index (χ1v) is 4.01. The van der Waals surface area contributed by atoms with E-state index in [1.165, 1.54) is 0 Å². The average Bonchev–Trinajstić information content (AvgIpc) is 2.47. The molecule has 0 N–H and O–H groups in total. The van der Waals surface area contributed by atoms with Gasteiger partial charge in [-0.05, 0) is 0 Å². The molecule has 2 aromatic rings. The van der Waals surface area contributed by atoms with Crippen molar-refractivity contribution in [3.8, 4) is 5.75 Å². The molecule has 3 nitrogen and oxygen atoms in total. The van der Waals surface area contributed by atoms with Crippen LogP contribution in [0.4, 0.5) is 0 Å². The largest absolute Gasteiger partial charge is 0.495 e. The SMILES string of the molecule is COc1csc2cnncc12. The van der Waals surface area contributed by atoms with Crippen LogP contribution in [-0.2, 0) is 0 Å². The van der Waals surface area contributed by atoms with Gasteiger partial charge in [-0.15, -0.1) is 11.3 Å². The van der Waals surface area contributed by atoms with Crippen molar-refractivity contribution in [2.24, 2.45) is 0 Å². The summed E-state index contributed by atoms with van der Waals surface area (Å²) in [5.41, 5.74) is 0. The fourth-order valence-electron chi connectivity index (χ4n) is 0.928. The topological polar surface area (TPSA) is 35.0 Å². The van der Waals surface area contributed by atoms with Crippen molar-refractivity contribution in [2.75, 3.05) is 7.11 Å². The minimum Gasteiger partial charge on any atom is -0.495 e. The van der Waals surface area contributed by atoms with Gasteiger partial charge in [0.1, 0.15) is 5.75 Å². The third-order valence-electron chi connectivity index (χ3n) is 1.47. The van der Waals surface area contributed by atoms with Crippen LogP contribution in [-0.4, -0.2) is 17.3 Å². The molecule has 0 aromatic carbocycles. The summed E-state index contributed by atoms with van der Waals surface area (Å²) in [6, 6.07) is 0. The number of aromatic nitrogens is 2. The van der Waals surface area contributed by atoms with Gasteiger partial charge in [-0.3, -0.25) is 0 Å². The summed E-state index contributed by atoms with van der Waals surface area (Å²) in [6.07, 6.45) is 3.45. The van der Waals surface area contributed by atoms with Gasteiger partial charge in [0.15, 0.2) is 0 Å². The second-order valence-corrected chi connectivity index (χ2v) is 2.98.